The van der Waals surface area contributed by atoms with Gasteiger partial charge in [-0.25, -0.2) is 0 Å². The van der Waals surface area contributed by atoms with Crippen molar-refractivity contribution in [1.29, 1.82) is 0 Å². The second-order valence-corrected chi connectivity index (χ2v) is 3.24. The zero-order chi connectivity index (χ0) is 9.84. The van der Waals surface area contributed by atoms with Crippen LogP contribution in [0.5, 0.6) is 5.75 Å². The van der Waals surface area contributed by atoms with E-state index in [4.69, 9.17) is 4.74 Å². The van der Waals surface area contributed by atoms with Crippen molar-refractivity contribution in [1.82, 2.24) is 0 Å². The first kappa shape index (κ1) is 10.2. The Bertz CT molecular complexity index is 332. The number of halogens is 3. The standard InChI is InChI=1S/C9H7BrF2O/c1-13-8-3-2-7(10)4-6(8)5-9(11)12/h2-5H,1H3. The minimum Gasteiger partial charge on any atom is -0.496 e. The number of methoxy groups -OCH3 is 1. The monoisotopic (exact) mass is 248 g/mol. The zero-order valence-electron chi connectivity index (χ0n) is 6.85. The Hall–Kier alpha value is -0.900. The van der Waals surface area contributed by atoms with E-state index in [1.807, 2.05) is 0 Å². The predicted molar refractivity (Wildman–Crippen MR) is 50.9 cm³/mol. The maximum absolute atomic E-state index is 12.0. The van der Waals surface area contributed by atoms with E-state index in [2.05, 4.69) is 15.9 Å². The molecule has 0 saturated carbocycles. The van der Waals surface area contributed by atoms with E-state index in [9.17, 15) is 8.78 Å². The van der Waals surface area contributed by atoms with Gasteiger partial charge >= 0.3 is 0 Å². The normalized spacial score (nSPS) is 9.54. The van der Waals surface area contributed by atoms with Crippen molar-refractivity contribution in [2.45, 2.75) is 0 Å². The Balaban J connectivity index is 3.16. The first-order chi connectivity index (χ1) is 6.13. The molecule has 0 amide bonds. The van der Waals surface area contributed by atoms with E-state index in [0.717, 1.165) is 10.5 Å². The van der Waals surface area contributed by atoms with Crippen LogP contribution in [0.4, 0.5) is 8.78 Å². The fourth-order valence-corrected chi connectivity index (χ4v) is 1.31. The molecule has 0 bridgehead atoms. The third kappa shape index (κ3) is 2.81. The first-order valence-corrected chi connectivity index (χ1v) is 4.29. The van der Waals surface area contributed by atoms with Gasteiger partial charge in [-0.05, 0) is 18.2 Å². The van der Waals surface area contributed by atoms with Crippen LogP contribution in [-0.4, -0.2) is 7.11 Å². The molecule has 1 rings (SSSR count). The topological polar surface area (TPSA) is 9.23 Å². The van der Waals surface area contributed by atoms with Crippen molar-refractivity contribution in [2.24, 2.45) is 0 Å². The summed E-state index contributed by atoms with van der Waals surface area (Å²) in [7, 11) is 1.44. The van der Waals surface area contributed by atoms with Gasteiger partial charge in [-0.1, -0.05) is 15.9 Å². The van der Waals surface area contributed by atoms with Gasteiger partial charge in [-0.15, -0.1) is 0 Å². The van der Waals surface area contributed by atoms with Gasteiger partial charge < -0.3 is 4.74 Å². The molecule has 0 aliphatic rings. The van der Waals surface area contributed by atoms with Gasteiger partial charge in [0.25, 0.3) is 6.08 Å². The Morgan fingerprint density at radius 3 is 2.69 bits per heavy atom. The summed E-state index contributed by atoms with van der Waals surface area (Å²) in [6.45, 7) is 0. The van der Waals surface area contributed by atoms with Crippen molar-refractivity contribution < 1.29 is 13.5 Å². The lowest BCUT2D eigenvalue weighted by atomic mass is 10.2. The molecule has 70 valence electrons. The van der Waals surface area contributed by atoms with Crippen molar-refractivity contribution in [2.75, 3.05) is 7.11 Å². The van der Waals surface area contributed by atoms with Crippen LogP contribution in [0.15, 0.2) is 28.8 Å². The van der Waals surface area contributed by atoms with Crippen LogP contribution in [0, 0.1) is 0 Å². The zero-order valence-corrected chi connectivity index (χ0v) is 8.44. The summed E-state index contributed by atoms with van der Waals surface area (Å²) in [5.41, 5.74) is 0.358. The number of rotatable bonds is 2. The Labute approximate surface area is 83.1 Å². The Morgan fingerprint density at radius 1 is 1.46 bits per heavy atom. The molecule has 1 nitrogen and oxygen atoms in total. The lowest BCUT2D eigenvalue weighted by Gasteiger charge is -2.03. The molecule has 0 aliphatic heterocycles. The molecule has 0 fully saturated rings. The molecule has 1 aromatic rings. The van der Waals surface area contributed by atoms with E-state index >= 15 is 0 Å². The minimum absolute atomic E-state index is 0.358. The van der Waals surface area contributed by atoms with E-state index in [-0.39, 0.29) is 0 Å². The largest absolute Gasteiger partial charge is 0.496 e. The van der Waals surface area contributed by atoms with Gasteiger partial charge in [0.15, 0.2) is 0 Å². The summed E-state index contributed by atoms with van der Waals surface area (Å²) in [6.07, 6.45) is -0.972. The fraction of sp³-hybridized carbons (Fsp3) is 0.111. The second kappa shape index (κ2) is 4.37. The average molecular weight is 249 g/mol. The highest BCUT2D eigenvalue weighted by Crippen LogP contribution is 2.25. The van der Waals surface area contributed by atoms with E-state index in [1.165, 1.54) is 7.11 Å². The molecule has 0 atom stereocenters. The summed E-state index contributed by atoms with van der Waals surface area (Å²) in [6, 6.07) is 4.92. The van der Waals surface area contributed by atoms with Crippen molar-refractivity contribution in [3.8, 4) is 5.75 Å². The summed E-state index contributed by atoms with van der Waals surface area (Å²) in [4.78, 5) is 0. The molecule has 0 unspecified atom stereocenters. The minimum atomic E-state index is -1.74. The Kier molecular flexibility index (Phi) is 3.42. The number of hydrogen-bond acceptors (Lipinski definition) is 1. The average Bonchev–Trinajstić information content (AvgIpc) is 2.03. The molecule has 0 aromatic heterocycles. The summed E-state index contributed by atoms with van der Waals surface area (Å²) in [5.74, 6) is 0.427. The van der Waals surface area contributed by atoms with Crippen molar-refractivity contribution >= 4 is 22.0 Å². The van der Waals surface area contributed by atoms with Crippen LogP contribution in [-0.2, 0) is 0 Å². The third-order valence-electron chi connectivity index (χ3n) is 1.46. The third-order valence-corrected chi connectivity index (χ3v) is 1.95. The quantitative estimate of drug-likeness (QED) is 0.776. The summed E-state index contributed by atoms with van der Waals surface area (Å²) in [5, 5.41) is 0. The van der Waals surface area contributed by atoms with Crippen LogP contribution in [0.1, 0.15) is 5.56 Å². The van der Waals surface area contributed by atoms with E-state index < -0.39 is 6.08 Å². The van der Waals surface area contributed by atoms with Crippen LogP contribution < -0.4 is 4.74 Å². The molecule has 0 aliphatic carbocycles. The molecule has 1 aromatic carbocycles. The van der Waals surface area contributed by atoms with Crippen LogP contribution in [0.25, 0.3) is 6.08 Å². The summed E-state index contributed by atoms with van der Waals surface area (Å²) < 4.78 is 29.6. The molecule has 0 radical (unpaired) electrons. The number of benzene rings is 1. The molecular weight excluding hydrogens is 242 g/mol. The lowest BCUT2D eigenvalue weighted by Crippen LogP contribution is -1.86. The molecule has 0 spiro atoms. The van der Waals surface area contributed by atoms with Gasteiger partial charge in [-0.2, -0.15) is 8.78 Å². The highest BCUT2D eigenvalue weighted by molar-refractivity contribution is 9.10. The first-order valence-electron chi connectivity index (χ1n) is 3.49. The Morgan fingerprint density at radius 2 is 2.15 bits per heavy atom. The van der Waals surface area contributed by atoms with Gasteiger partial charge in [-0.3, -0.25) is 0 Å². The van der Waals surface area contributed by atoms with Crippen LogP contribution >= 0.6 is 15.9 Å². The predicted octanol–water partition coefficient (Wildman–Crippen LogP) is 3.70. The molecule has 0 N–H and O–H groups in total. The maximum atomic E-state index is 12.0. The smallest absolute Gasteiger partial charge is 0.271 e. The molecule has 0 heterocycles. The van der Waals surface area contributed by atoms with Gasteiger partial charge in [0.2, 0.25) is 0 Å². The van der Waals surface area contributed by atoms with Crippen molar-refractivity contribution in [3.63, 3.8) is 0 Å². The van der Waals surface area contributed by atoms with Crippen LogP contribution in [0.3, 0.4) is 0 Å². The van der Waals surface area contributed by atoms with Crippen molar-refractivity contribution in [3.05, 3.63) is 34.3 Å². The molecule has 0 saturated heterocycles. The molecule has 4 heteroatoms. The van der Waals surface area contributed by atoms with Gasteiger partial charge in [0, 0.05) is 16.1 Å². The van der Waals surface area contributed by atoms with Crippen LogP contribution in [0.2, 0.25) is 0 Å². The highest BCUT2D eigenvalue weighted by atomic mass is 79.9. The van der Waals surface area contributed by atoms with Gasteiger partial charge in [0.05, 0.1) is 7.11 Å². The molecular formula is C9H7BrF2O. The fourth-order valence-electron chi connectivity index (χ4n) is 0.936. The highest BCUT2D eigenvalue weighted by Gasteiger charge is 2.02. The molecule has 13 heavy (non-hydrogen) atoms. The van der Waals surface area contributed by atoms with Gasteiger partial charge in [0.1, 0.15) is 5.75 Å². The maximum Gasteiger partial charge on any atom is 0.271 e. The lowest BCUT2D eigenvalue weighted by molar-refractivity contribution is 0.410. The van der Waals surface area contributed by atoms with E-state index in [0.29, 0.717) is 11.3 Å². The SMILES string of the molecule is COc1ccc(Br)cc1C=C(F)F. The number of ether oxygens (including phenoxy) is 1. The van der Waals surface area contributed by atoms with E-state index in [1.54, 1.807) is 18.2 Å². The number of hydrogen-bond donors (Lipinski definition) is 0. The summed E-state index contributed by atoms with van der Waals surface area (Å²) >= 11 is 3.19. The second-order valence-electron chi connectivity index (χ2n) is 2.32.